The van der Waals surface area contributed by atoms with Crippen LogP contribution in [0.1, 0.15) is 61.8 Å². The molecule has 0 bridgehead atoms. The molecule has 30 heavy (non-hydrogen) atoms. The molecule has 0 unspecified atom stereocenters. The van der Waals surface area contributed by atoms with Crippen molar-refractivity contribution in [1.82, 2.24) is 4.90 Å². The molecule has 1 amide bonds. The molecule has 1 aliphatic heterocycles. The van der Waals surface area contributed by atoms with Crippen LogP contribution in [0.5, 0.6) is 0 Å². The SMILES string of the molecule is C/C=C\[C@@H]1C[C@H](C(=O)OC(C)(C)C)N(C(=O)OC(C)(C)C)[C@H]1[C@@H]([NH-])[C@@](C)(O)CO.[Ac]. The maximum Gasteiger partial charge on any atom is 0.411 e. The summed E-state index contributed by atoms with van der Waals surface area (Å²) < 4.78 is 11.0. The summed E-state index contributed by atoms with van der Waals surface area (Å²) in [7, 11) is 0. The quantitative estimate of drug-likeness (QED) is 0.352. The van der Waals surface area contributed by atoms with Crippen molar-refractivity contribution >= 4 is 12.1 Å². The van der Waals surface area contributed by atoms with Gasteiger partial charge in [-0.1, -0.05) is 18.2 Å². The zero-order valence-corrected chi connectivity index (χ0v) is 24.2. The normalized spacial score (nSPS) is 25.4. The summed E-state index contributed by atoms with van der Waals surface area (Å²) in [4.78, 5) is 27.2. The first-order valence-corrected chi connectivity index (χ1v) is 9.95. The van der Waals surface area contributed by atoms with Crippen LogP contribution >= 0.6 is 0 Å². The Morgan fingerprint density at radius 3 is 2.03 bits per heavy atom. The van der Waals surface area contributed by atoms with Crippen LogP contribution in [0.25, 0.3) is 5.73 Å². The van der Waals surface area contributed by atoms with E-state index in [2.05, 4.69) is 0 Å². The fraction of sp³-hybridized carbons (Fsp3) is 0.810. The van der Waals surface area contributed by atoms with Crippen LogP contribution in [-0.2, 0) is 14.3 Å². The van der Waals surface area contributed by atoms with E-state index in [1.165, 1.54) is 11.8 Å². The number of amides is 1. The van der Waals surface area contributed by atoms with Gasteiger partial charge in [0.25, 0.3) is 0 Å². The Labute approximate surface area is 216 Å². The van der Waals surface area contributed by atoms with Gasteiger partial charge in [0.2, 0.25) is 0 Å². The average molecular weight is 641 g/mol. The van der Waals surface area contributed by atoms with E-state index < -0.39 is 53.6 Å². The number of aliphatic hydroxyl groups is 2. The molecule has 9 heteroatoms. The predicted molar refractivity (Wildman–Crippen MR) is 110 cm³/mol. The van der Waals surface area contributed by atoms with E-state index in [0.717, 1.165) is 0 Å². The summed E-state index contributed by atoms with van der Waals surface area (Å²) in [6.07, 6.45) is 3.07. The molecule has 0 aliphatic carbocycles. The summed E-state index contributed by atoms with van der Waals surface area (Å²) in [5.74, 6) is -0.971. The molecular weight excluding hydrogens is 603 g/mol. The third-order valence-electron chi connectivity index (χ3n) is 4.65. The second kappa shape index (κ2) is 11.1. The number of nitrogens with zero attached hydrogens (tertiary/aromatic N) is 1. The van der Waals surface area contributed by atoms with Gasteiger partial charge in [-0.05, 0) is 67.7 Å². The first-order chi connectivity index (χ1) is 13.0. The molecule has 1 saturated heterocycles. The second-order valence-electron chi connectivity index (χ2n) is 9.85. The Hall–Kier alpha value is -0.198. The number of ether oxygens (including phenoxy) is 2. The van der Waals surface area contributed by atoms with Crippen molar-refractivity contribution < 1.29 is 73.3 Å². The van der Waals surface area contributed by atoms with Crippen LogP contribution in [0.2, 0.25) is 0 Å². The number of carbonyl (C=O) groups excluding carboxylic acids is 2. The van der Waals surface area contributed by atoms with Gasteiger partial charge in [-0.25, -0.2) is 9.59 Å². The van der Waals surface area contributed by atoms with E-state index in [1.807, 2.05) is 0 Å². The number of nitrogens with one attached hydrogen (secondary N) is 1. The number of hydrogen-bond acceptors (Lipinski definition) is 6. The van der Waals surface area contributed by atoms with Crippen molar-refractivity contribution in [1.29, 1.82) is 0 Å². The van der Waals surface area contributed by atoms with Gasteiger partial charge in [-0.2, -0.15) is 0 Å². The van der Waals surface area contributed by atoms with Gasteiger partial charge in [0, 0.05) is 50.1 Å². The molecule has 0 saturated carbocycles. The third kappa shape index (κ3) is 8.05. The molecule has 1 rings (SSSR count). The fourth-order valence-electron chi connectivity index (χ4n) is 3.38. The number of aliphatic hydroxyl groups excluding tert-OH is 1. The summed E-state index contributed by atoms with van der Waals surface area (Å²) >= 11 is 0. The van der Waals surface area contributed by atoms with Gasteiger partial charge in [0.1, 0.15) is 17.2 Å². The molecule has 1 heterocycles. The molecule has 0 aromatic rings. The number of esters is 1. The maximum absolute atomic E-state index is 13.1. The molecule has 0 aromatic heterocycles. The number of rotatable bonds is 5. The fourth-order valence-corrected chi connectivity index (χ4v) is 3.38. The van der Waals surface area contributed by atoms with Crippen LogP contribution in [-0.4, -0.2) is 68.7 Å². The largest absolute Gasteiger partial charge is 0.671 e. The van der Waals surface area contributed by atoms with Gasteiger partial charge in [0.15, 0.2) is 0 Å². The van der Waals surface area contributed by atoms with Crippen molar-refractivity contribution in [3.8, 4) is 0 Å². The number of carbonyl (C=O) groups is 2. The van der Waals surface area contributed by atoms with Gasteiger partial charge < -0.3 is 25.4 Å². The molecule has 171 valence electrons. The Balaban J connectivity index is 0.00000841. The van der Waals surface area contributed by atoms with E-state index in [9.17, 15) is 19.8 Å². The maximum atomic E-state index is 13.1. The summed E-state index contributed by atoms with van der Waals surface area (Å²) in [5.41, 5.74) is 5.27. The van der Waals surface area contributed by atoms with Crippen LogP contribution in [0.15, 0.2) is 12.2 Å². The first kappa shape index (κ1) is 29.8. The van der Waals surface area contributed by atoms with Crippen molar-refractivity contribution in [2.45, 2.75) is 96.7 Å². The smallest absolute Gasteiger partial charge is 0.411 e. The Kier molecular flexibility index (Phi) is 11.0. The van der Waals surface area contributed by atoms with Gasteiger partial charge in [-0.15, -0.1) is 0 Å². The van der Waals surface area contributed by atoms with E-state index in [-0.39, 0.29) is 56.4 Å². The molecule has 0 spiro atoms. The zero-order valence-electron chi connectivity index (χ0n) is 19.4. The third-order valence-corrected chi connectivity index (χ3v) is 4.65. The van der Waals surface area contributed by atoms with Crippen molar-refractivity contribution in [3.63, 3.8) is 0 Å². The van der Waals surface area contributed by atoms with Crippen LogP contribution in [0.3, 0.4) is 0 Å². The zero-order chi connectivity index (χ0) is 22.8. The average Bonchev–Trinajstić information content (AvgIpc) is 2.90. The number of likely N-dealkylation sites (tertiary alicyclic amines) is 1. The van der Waals surface area contributed by atoms with E-state index >= 15 is 0 Å². The van der Waals surface area contributed by atoms with Gasteiger partial charge in [-0.3, -0.25) is 4.90 Å². The molecule has 5 atom stereocenters. The standard InChI is InChI=1S/C21H37N2O6.Ac/c1-9-10-13-11-14(17(25)28-19(2,3)4)23(18(26)29-20(5,6)7)15(13)16(22)21(8,27)12-24;/h9-10,13-16,22,24,27H,11-12H2,1-8H3;/q-1;/b10-9-;/t13-,14-,15-,16-,21+;/m1./s1. The van der Waals surface area contributed by atoms with Crippen molar-refractivity contribution in [3.05, 3.63) is 17.9 Å². The summed E-state index contributed by atoms with van der Waals surface area (Å²) in [6.45, 7) is 12.8. The molecule has 3 N–H and O–H groups in total. The first-order valence-electron chi connectivity index (χ1n) is 9.95. The molecular formula is C21H37AcN2O6-. The van der Waals surface area contributed by atoms with Gasteiger partial charge >= 0.3 is 12.1 Å². The van der Waals surface area contributed by atoms with E-state index in [4.69, 9.17) is 15.2 Å². The van der Waals surface area contributed by atoms with E-state index in [1.54, 1.807) is 60.6 Å². The summed E-state index contributed by atoms with van der Waals surface area (Å²) in [6, 6.07) is -3.10. The topological polar surface area (TPSA) is 120 Å². The van der Waals surface area contributed by atoms with Crippen LogP contribution < -0.4 is 0 Å². The molecule has 1 radical (unpaired) electrons. The Morgan fingerprint density at radius 2 is 1.63 bits per heavy atom. The molecule has 8 nitrogen and oxygen atoms in total. The number of allylic oxidation sites excluding steroid dienone is 1. The second-order valence-corrected chi connectivity index (χ2v) is 9.85. The monoisotopic (exact) mass is 640 g/mol. The summed E-state index contributed by atoms with van der Waals surface area (Å²) in [5, 5.41) is 20.1. The minimum absolute atomic E-state index is 0. The molecule has 1 aliphatic rings. The minimum Gasteiger partial charge on any atom is -0.671 e. The Morgan fingerprint density at radius 1 is 1.13 bits per heavy atom. The van der Waals surface area contributed by atoms with Crippen molar-refractivity contribution in [2.24, 2.45) is 5.92 Å². The predicted octanol–water partition coefficient (Wildman–Crippen LogP) is 3.06. The molecule has 0 aromatic carbocycles. The van der Waals surface area contributed by atoms with Crippen LogP contribution in [0.4, 0.5) is 4.79 Å². The van der Waals surface area contributed by atoms with Crippen LogP contribution in [0, 0.1) is 50.0 Å². The van der Waals surface area contributed by atoms with Crippen molar-refractivity contribution in [2.75, 3.05) is 6.61 Å². The number of hydrogen-bond donors (Lipinski definition) is 2. The Bertz CT molecular complexity index is 624. The minimum atomic E-state index is -1.77. The van der Waals surface area contributed by atoms with Gasteiger partial charge in [0.05, 0.1) is 12.2 Å². The molecule has 1 fully saturated rings. The van der Waals surface area contributed by atoms with E-state index in [0.29, 0.717) is 0 Å².